The fourth-order valence-electron chi connectivity index (χ4n) is 2.81. The zero-order valence-corrected chi connectivity index (χ0v) is 15.0. The van der Waals surface area contributed by atoms with E-state index in [1.165, 1.54) is 5.56 Å². The van der Waals surface area contributed by atoms with Gasteiger partial charge in [-0.3, -0.25) is 9.78 Å². The molecule has 0 unspecified atom stereocenters. The number of carbonyl (C=O) groups excluding carboxylic acids is 1. The lowest BCUT2D eigenvalue weighted by atomic mass is 9.99. The molecule has 1 amide bonds. The van der Waals surface area contributed by atoms with Crippen LogP contribution in [0.25, 0.3) is 0 Å². The Morgan fingerprint density at radius 3 is 2.46 bits per heavy atom. The average Bonchev–Trinajstić information content (AvgIpc) is 2.60. The molecule has 0 spiro atoms. The molecule has 0 saturated carbocycles. The van der Waals surface area contributed by atoms with Gasteiger partial charge in [-0.25, -0.2) is 0 Å². The van der Waals surface area contributed by atoms with Crippen LogP contribution >= 0.6 is 0 Å². The van der Waals surface area contributed by atoms with Crippen LogP contribution in [0.5, 0.6) is 5.75 Å². The molecule has 0 aliphatic carbocycles. The molecule has 4 nitrogen and oxygen atoms in total. The second-order valence-electron chi connectivity index (χ2n) is 5.93. The summed E-state index contributed by atoms with van der Waals surface area (Å²) < 4.78 is 5.34. The van der Waals surface area contributed by atoms with Crippen LogP contribution < -0.4 is 4.74 Å². The normalized spacial score (nSPS) is 10.5. The van der Waals surface area contributed by atoms with Gasteiger partial charge in [-0.05, 0) is 67.6 Å². The van der Waals surface area contributed by atoms with Gasteiger partial charge in [0, 0.05) is 25.5 Å². The predicted octanol–water partition coefficient (Wildman–Crippen LogP) is 3.34. The Kier molecular flexibility index (Phi) is 6.36. The Hall–Kier alpha value is -2.36. The van der Waals surface area contributed by atoms with Gasteiger partial charge in [-0.2, -0.15) is 0 Å². The molecule has 0 bridgehead atoms. The van der Waals surface area contributed by atoms with E-state index < -0.39 is 0 Å². The minimum absolute atomic E-state index is 0.166. The lowest BCUT2D eigenvalue weighted by Crippen LogP contribution is -2.34. The number of methoxy groups -OCH3 is 1. The van der Waals surface area contributed by atoms with Gasteiger partial charge in [0.25, 0.3) is 0 Å². The Balaban J connectivity index is 2.03. The number of likely N-dealkylation sites (N-methyl/N-ethyl adjacent to an activating group) is 1. The molecular weight excluding hydrogens is 300 g/mol. The zero-order chi connectivity index (χ0) is 17.5. The van der Waals surface area contributed by atoms with E-state index in [9.17, 15) is 4.79 Å². The van der Waals surface area contributed by atoms with E-state index in [1.807, 2.05) is 49.9 Å². The van der Waals surface area contributed by atoms with Crippen molar-refractivity contribution in [2.45, 2.75) is 33.6 Å². The first-order chi connectivity index (χ1) is 11.6. The first-order valence-electron chi connectivity index (χ1n) is 8.36. The number of rotatable bonds is 7. The Morgan fingerprint density at radius 1 is 1.12 bits per heavy atom. The van der Waals surface area contributed by atoms with Crippen LogP contribution in [0.1, 0.15) is 29.2 Å². The van der Waals surface area contributed by atoms with Crippen LogP contribution in [0, 0.1) is 13.8 Å². The molecule has 1 aromatic carbocycles. The van der Waals surface area contributed by atoms with Gasteiger partial charge in [0.05, 0.1) is 13.5 Å². The van der Waals surface area contributed by atoms with Crippen LogP contribution in [0.2, 0.25) is 0 Å². The molecular formula is C20H26N2O2. The summed E-state index contributed by atoms with van der Waals surface area (Å²) in [5, 5.41) is 0. The topological polar surface area (TPSA) is 42.4 Å². The molecule has 2 rings (SSSR count). The van der Waals surface area contributed by atoms with E-state index >= 15 is 0 Å². The van der Waals surface area contributed by atoms with Crippen molar-refractivity contribution in [1.82, 2.24) is 9.88 Å². The molecule has 0 fully saturated rings. The minimum Gasteiger partial charge on any atom is -0.496 e. The van der Waals surface area contributed by atoms with E-state index in [0.717, 1.165) is 42.0 Å². The summed E-state index contributed by atoms with van der Waals surface area (Å²) >= 11 is 0. The molecule has 0 saturated heterocycles. The van der Waals surface area contributed by atoms with Crippen molar-refractivity contribution in [3.05, 3.63) is 58.9 Å². The second kappa shape index (κ2) is 8.48. The van der Waals surface area contributed by atoms with Crippen molar-refractivity contribution in [2.75, 3.05) is 20.2 Å². The molecule has 4 heteroatoms. The van der Waals surface area contributed by atoms with Gasteiger partial charge < -0.3 is 9.64 Å². The van der Waals surface area contributed by atoms with Crippen LogP contribution in [0.15, 0.2) is 36.7 Å². The molecule has 0 aliphatic heterocycles. The first-order valence-corrected chi connectivity index (χ1v) is 8.36. The molecule has 0 radical (unpaired) electrons. The molecule has 128 valence electrons. The Bertz CT molecular complexity index is 684. The maximum Gasteiger partial charge on any atom is 0.227 e. The van der Waals surface area contributed by atoms with Gasteiger partial charge in [0.2, 0.25) is 5.91 Å². The van der Waals surface area contributed by atoms with Gasteiger partial charge >= 0.3 is 0 Å². The summed E-state index contributed by atoms with van der Waals surface area (Å²) in [6, 6.07) is 7.93. The van der Waals surface area contributed by atoms with Gasteiger partial charge in [0.15, 0.2) is 0 Å². The Labute approximate surface area is 144 Å². The van der Waals surface area contributed by atoms with E-state index in [0.29, 0.717) is 6.42 Å². The van der Waals surface area contributed by atoms with Crippen molar-refractivity contribution in [3.8, 4) is 5.75 Å². The Morgan fingerprint density at radius 2 is 1.83 bits per heavy atom. The van der Waals surface area contributed by atoms with Crippen molar-refractivity contribution >= 4 is 5.91 Å². The van der Waals surface area contributed by atoms with E-state index in [4.69, 9.17) is 4.74 Å². The minimum atomic E-state index is 0.166. The van der Waals surface area contributed by atoms with Crippen molar-refractivity contribution < 1.29 is 9.53 Å². The average molecular weight is 326 g/mol. The largest absolute Gasteiger partial charge is 0.496 e. The molecule has 1 heterocycles. The lowest BCUT2D eigenvalue weighted by Gasteiger charge is -2.22. The highest BCUT2D eigenvalue weighted by Gasteiger charge is 2.15. The zero-order valence-electron chi connectivity index (χ0n) is 15.0. The number of benzene rings is 1. The highest BCUT2D eigenvalue weighted by molar-refractivity contribution is 5.79. The van der Waals surface area contributed by atoms with Crippen molar-refractivity contribution in [3.63, 3.8) is 0 Å². The number of pyridine rings is 1. The number of aromatic nitrogens is 1. The number of hydrogen-bond donors (Lipinski definition) is 0. The third-order valence-corrected chi connectivity index (χ3v) is 4.57. The number of hydrogen-bond acceptors (Lipinski definition) is 3. The van der Waals surface area contributed by atoms with Crippen LogP contribution in [0.3, 0.4) is 0 Å². The molecule has 2 aromatic rings. The maximum absolute atomic E-state index is 12.7. The molecule has 0 N–H and O–H groups in total. The second-order valence-corrected chi connectivity index (χ2v) is 5.93. The highest BCUT2D eigenvalue weighted by Crippen LogP contribution is 2.24. The SMILES string of the molecule is CCN(CCc1ccncc1)C(=O)Cc1ccc(OC)c(C)c1C. The third-order valence-electron chi connectivity index (χ3n) is 4.57. The van der Waals surface area contributed by atoms with E-state index in [1.54, 1.807) is 19.5 Å². The van der Waals surface area contributed by atoms with Gasteiger partial charge in [0.1, 0.15) is 5.75 Å². The summed E-state index contributed by atoms with van der Waals surface area (Å²) in [4.78, 5) is 18.6. The van der Waals surface area contributed by atoms with Crippen molar-refractivity contribution in [1.29, 1.82) is 0 Å². The summed E-state index contributed by atoms with van der Waals surface area (Å²) in [6.07, 6.45) is 4.86. The predicted molar refractivity (Wildman–Crippen MR) is 96.4 cm³/mol. The fourth-order valence-corrected chi connectivity index (χ4v) is 2.81. The van der Waals surface area contributed by atoms with E-state index in [-0.39, 0.29) is 5.91 Å². The lowest BCUT2D eigenvalue weighted by molar-refractivity contribution is -0.130. The number of carbonyl (C=O) groups is 1. The highest BCUT2D eigenvalue weighted by atomic mass is 16.5. The number of ether oxygens (including phenoxy) is 1. The maximum atomic E-state index is 12.7. The monoisotopic (exact) mass is 326 g/mol. The van der Waals surface area contributed by atoms with Gasteiger partial charge in [-0.1, -0.05) is 6.07 Å². The first kappa shape index (κ1) is 18.0. The summed E-state index contributed by atoms with van der Waals surface area (Å²) in [7, 11) is 1.67. The van der Waals surface area contributed by atoms with Crippen LogP contribution in [-0.2, 0) is 17.6 Å². The number of amides is 1. The van der Waals surface area contributed by atoms with Crippen LogP contribution in [0.4, 0.5) is 0 Å². The quantitative estimate of drug-likeness (QED) is 0.784. The summed E-state index contributed by atoms with van der Waals surface area (Å²) in [5.74, 6) is 1.04. The summed E-state index contributed by atoms with van der Waals surface area (Å²) in [5.41, 5.74) is 4.50. The standard InChI is InChI=1S/C20H26N2O2/c1-5-22(13-10-17-8-11-21-12-9-17)20(23)14-18-6-7-19(24-4)16(3)15(18)2/h6-9,11-12H,5,10,13-14H2,1-4H3. The van der Waals surface area contributed by atoms with Crippen LogP contribution in [-0.4, -0.2) is 36.0 Å². The summed E-state index contributed by atoms with van der Waals surface area (Å²) in [6.45, 7) is 7.55. The third kappa shape index (κ3) is 4.34. The smallest absolute Gasteiger partial charge is 0.227 e. The fraction of sp³-hybridized carbons (Fsp3) is 0.400. The molecule has 1 aromatic heterocycles. The molecule has 0 aliphatic rings. The van der Waals surface area contributed by atoms with Gasteiger partial charge in [-0.15, -0.1) is 0 Å². The van der Waals surface area contributed by atoms with E-state index in [2.05, 4.69) is 4.98 Å². The number of nitrogens with zero attached hydrogens (tertiary/aromatic N) is 2. The molecule has 24 heavy (non-hydrogen) atoms. The molecule has 0 atom stereocenters. The van der Waals surface area contributed by atoms with Crippen molar-refractivity contribution in [2.24, 2.45) is 0 Å².